The van der Waals surface area contributed by atoms with Crippen molar-refractivity contribution in [1.82, 2.24) is 9.78 Å². The van der Waals surface area contributed by atoms with Crippen LogP contribution in [-0.2, 0) is 13.5 Å². The van der Waals surface area contributed by atoms with Crippen LogP contribution in [0.4, 0.5) is 0 Å². The predicted molar refractivity (Wildman–Crippen MR) is 61.6 cm³/mol. The van der Waals surface area contributed by atoms with Crippen LogP contribution in [0, 0.1) is 5.41 Å². The predicted octanol–water partition coefficient (Wildman–Crippen LogP) is 2.92. The van der Waals surface area contributed by atoms with E-state index in [1.54, 1.807) is 0 Å². The van der Waals surface area contributed by atoms with Gasteiger partial charge < -0.3 is 0 Å². The summed E-state index contributed by atoms with van der Waals surface area (Å²) in [6.07, 6.45) is 9.35. The molecule has 1 aliphatic rings. The fraction of sp³-hybridized carbons (Fsp3) is 0.727. The molecule has 78 valence electrons. The zero-order chi connectivity index (χ0) is 10.2. The van der Waals surface area contributed by atoms with Gasteiger partial charge in [0, 0.05) is 18.1 Å². The maximum Gasteiger partial charge on any atom is 0.0521 e. The molecule has 1 aromatic heterocycles. The van der Waals surface area contributed by atoms with Crippen LogP contribution in [-0.4, -0.2) is 14.6 Å². The first kappa shape index (κ1) is 10.2. The van der Waals surface area contributed by atoms with Crippen LogP contribution in [0.15, 0.2) is 12.4 Å². The van der Waals surface area contributed by atoms with E-state index < -0.39 is 0 Å². The molecule has 3 heteroatoms. The molecule has 0 aliphatic heterocycles. The molecule has 1 unspecified atom stereocenters. The molecule has 1 saturated carbocycles. The van der Waals surface area contributed by atoms with Gasteiger partial charge in [-0.2, -0.15) is 5.10 Å². The fourth-order valence-corrected chi connectivity index (χ4v) is 2.69. The third-order valence-electron chi connectivity index (χ3n) is 3.41. The molecule has 0 radical (unpaired) electrons. The highest BCUT2D eigenvalue weighted by atomic mass is 79.9. The van der Waals surface area contributed by atoms with Gasteiger partial charge in [0.05, 0.1) is 6.20 Å². The molecule has 0 N–H and O–H groups in total. The summed E-state index contributed by atoms with van der Waals surface area (Å²) in [5.41, 5.74) is 1.96. The lowest BCUT2D eigenvalue weighted by atomic mass is 9.95. The molecule has 1 aliphatic carbocycles. The quantitative estimate of drug-likeness (QED) is 0.758. The Bertz CT molecular complexity index is 313. The van der Waals surface area contributed by atoms with Crippen molar-refractivity contribution in [2.75, 3.05) is 0 Å². The molecule has 0 bridgehead atoms. The maximum absolute atomic E-state index is 4.19. The van der Waals surface area contributed by atoms with Crippen molar-refractivity contribution in [3.05, 3.63) is 18.0 Å². The van der Waals surface area contributed by atoms with Crippen LogP contribution in [0.25, 0.3) is 0 Å². The number of alkyl halides is 1. The maximum atomic E-state index is 4.19. The van der Waals surface area contributed by atoms with Crippen LogP contribution in [0.3, 0.4) is 0 Å². The van der Waals surface area contributed by atoms with E-state index in [0.717, 1.165) is 0 Å². The summed E-state index contributed by atoms with van der Waals surface area (Å²) >= 11 is 3.72. The molecule has 0 saturated heterocycles. The van der Waals surface area contributed by atoms with Gasteiger partial charge in [0.15, 0.2) is 0 Å². The van der Waals surface area contributed by atoms with Gasteiger partial charge in [0.25, 0.3) is 0 Å². The Morgan fingerprint density at radius 1 is 1.64 bits per heavy atom. The number of hydrogen-bond donors (Lipinski definition) is 0. The van der Waals surface area contributed by atoms with E-state index in [1.165, 1.54) is 31.2 Å². The van der Waals surface area contributed by atoms with Gasteiger partial charge in [-0.05, 0) is 36.7 Å². The van der Waals surface area contributed by atoms with Crippen LogP contribution in [0.2, 0.25) is 0 Å². The summed E-state index contributed by atoms with van der Waals surface area (Å²) in [4.78, 5) is 0.659. The molecule has 14 heavy (non-hydrogen) atoms. The first-order valence-electron chi connectivity index (χ1n) is 5.24. The molecule has 0 aromatic carbocycles. The van der Waals surface area contributed by atoms with Crippen LogP contribution in [0.5, 0.6) is 0 Å². The van der Waals surface area contributed by atoms with Crippen LogP contribution >= 0.6 is 15.9 Å². The second kappa shape index (κ2) is 3.69. The van der Waals surface area contributed by atoms with Gasteiger partial charge >= 0.3 is 0 Å². The normalized spacial score (nSPS) is 20.8. The number of hydrogen-bond acceptors (Lipinski definition) is 1. The molecule has 2 rings (SSSR count). The number of nitrogens with zero attached hydrogens (tertiary/aromatic N) is 2. The summed E-state index contributed by atoms with van der Waals surface area (Å²) < 4.78 is 1.88. The Balaban J connectivity index is 1.89. The summed E-state index contributed by atoms with van der Waals surface area (Å²) in [5.74, 6) is 0. The molecular weight excluding hydrogens is 240 g/mol. The Kier molecular flexibility index (Phi) is 2.69. The third kappa shape index (κ3) is 2.02. The topological polar surface area (TPSA) is 17.8 Å². The van der Waals surface area contributed by atoms with Crippen molar-refractivity contribution in [1.29, 1.82) is 0 Å². The van der Waals surface area contributed by atoms with E-state index >= 15 is 0 Å². The fourth-order valence-electron chi connectivity index (χ4n) is 2.00. The lowest BCUT2D eigenvalue weighted by Gasteiger charge is -2.17. The molecule has 1 fully saturated rings. The average molecular weight is 257 g/mol. The SMILES string of the molecule is CC(Br)C1(CCc2cnn(C)c2)CC1. The van der Waals surface area contributed by atoms with Crippen molar-refractivity contribution >= 4 is 15.9 Å². The van der Waals surface area contributed by atoms with Crippen LogP contribution in [0.1, 0.15) is 31.7 Å². The molecule has 1 aromatic rings. The Labute approximate surface area is 93.8 Å². The minimum Gasteiger partial charge on any atom is -0.276 e. The zero-order valence-electron chi connectivity index (χ0n) is 8.83. The van der Waals surface area contributed by atoms with E-state index in [0.29, 0.717) is 10.2 Å². The van der Waals surface area contributed by atoms with Crippen molar-refractivity contribution < 1.29 is 0 Å². The Hall–Kier alpha value is -0.310. The second-order valence-corrected chi connectivity index (χ2v) is 5.87. The highest BCUT2D eigenvalue weighted by Gasteiger charge is 2.45. The van der Waals surface area contributed by atoms with E-state index in [4.69, 9.17) is 0 Å². The van der Waals surface area contributed by atoms with Gasteiger partial charge in [-0.1, -0.05) is 22.9 Å². The highest BCUT2D eigenvalue weighted by molar-refractivity contribution is 9.09. The van der Waals surface area contributed by atoms with E-state index in [2.05, 4.69) is 34.1 Å². The van der Waals surface area contributed by atoms with E-state index in [-0.39, 0.29) is 0 Å². The van der Waals surface area contributed by atoms with Gasteiger partial charge in [-0.3, -0.25) is 4.68 Å². The summed E-state index contributed by atoms with van der Waals surface area (Å²) in [5, 5.41) is 4.19. The summed E-state index contributed by atoms with van der Waals surface area (Å²) in [6, 6.07) is 0. The third-order valence-corrected chi connectivity index (χ3v) is 4.38. The summed E-state index contributed by atoms with van der Waals surface area (Å²) in [6.45, 7) is 2.27. The highest BCUT2D eigenvalue weighted by Crippen LogP contribution is 2.54. The second-order valence-electron chi connectivity index (χ2n) is 4.50. The molecule has 1 atom stereocenters. The lowest BCUT2D eigenvalue weighted by Crippen LogP contribution is -2.12. The average Bonchev–Trinajstić information content (AvgIpc) is 2.82. The van der Waals surface area contributed by atoms with Gasteiger partial charge in [0.1, 0.15) is 0 Å². The Morgan fingerprint density at radius 2 is 2.36 bits per heavy atom. The monoisotopic (exact) mass is 256 g/mol. The number of halogens is 1. The minimum absolute atomic E-state index is 0.593. The molecule has 1 heterocycles. The van der Waals surface area contributed by atoms with Gasteiger partial charge in [-0.15, -0.1) is 0 Å². The molecule has 0 spiro atoms. The number of aromatic nitrogens is 2. The minimum atomic E-state index is 0.593. The van der Waals surface area contributed by atoms with Crippen molar-refractivity contribution in [2.45, 2.75) is 37.4 Å². The van der Waals surface area contributed by atoms with E-state index in [9.17, 15) is 0 Å². The Morgan fingerprint density at radius 3 is 2.79 bits per heavy atom. The molecule has 0 amide bonds. The van der Waals surface area contributed by atoms with Gasteiger partial charge in [-0.25, -0.2) is 0 Å². The smallest absolute Gasteiger partial charge is 0.0521 e. The van der Waals surface area contributed by atoms with Gasteiger partial charge in [0.2, 0.25) is 0 Å². The first-order chi connectivity index (χ1) is 6.62. The summed E-state index contributed by atoms with van der Waals surface area (Å²) in [7, 11) is 1.98. The first-order valence-corrected chi connectivity index (χ1v) is 6.16. The number of rotatable bonds is 4. The van der Waals surface area contributed by atoms with Crippen molar-refractivity contribution in [3.8, 4) is 0 Å². The van der Waals surface area contributed by atoms with Crippen LogP contribution < -0.4 is 0 Å². The zero-order valence-corrected chi connectivity index (χ0v) is 10.4. The molecular formula is C11H17BrN2. The molecule has 2 nitrogen and oxygen atoms in total. The van der Waals surface area contributed by atoms with Crippen molar-refractivity contribution in [3.63, 3.8) is 0 Å². The largest absolute Gasteiger partial charge is 0.276 e. The number of aryl methyl sites for hydroxylation is 2. The van der Waals surface area contributed by atoms with E-state index in [1.807, 2.05) is 17.9 Å². The lowest BCUT2D eigenvalue weighted by molar-refractivity contribution is 0.468. The standard InChI is InChI=1S/C11H17BrN2/c1-9(12)11(5-6-11)4-3-10-7-13-14(2)8-10/h7-9H,3-6H2,1-2H3. The van der Waals surface area contributed by atoms with Crippen molar-refractivity contribution in [2.24, 2.45) is 12.5 Å².